The molecule has 29 heavy (non-hydrogen) atoms. The molecule has 9 heteroatoms. The lowest BCUT2D eigenvalue weighted by Gasteiger charge is -2.26. The molecule has 7 nitrogen and oxygen atoms in total. The highest BCUT2D eigenvalue weighted by Crippen LogP contribution is 2.34. The van der Waals surface area contributed by atoms with Gasteiger partial charge < -0.3 is 5.32 Å². The van der Waals surface area contributed by atoms with E-state index >= 15 is 0 Å². The van der Waals surface area contributed by atoms with Gasteiger partial charge in [-0.15, -0.1) is 0 Å². The van der Waals surface area contributed by atoms with Crippen molar-refractivity contribution < 1.29 is 13.6 Å². The van der Waals surface area contributed by atoms with Crippen molar-refractivity contribution >= 4 is 17.2 Å². The molecule has 1 aliphatic carbocycles. The third-order valence-corrected chi connectivity index (χ3v) is 5.60. The van der Waals surface area contributed by atoms with Crippen LogP contribution in [-0.4, -0.2) is 30.3 Å². The van der Waals surface area contributed by atoms with Gasteiger partial charge in [-0.1, -0.05) is 6.92 Å². The first-order valence-corrected chi connectivity index (χ1v) is 9.84. The van der Waals surface area contributed by atoms with Crippen LogP contribution >= 0.6 is 0 Å². The predicted octanol–water partition coefficient (Wildman–Crippen LogP) is 4.48. The molecule has 0 atom stereocenters. The molecule has 3 heterocycles. The van der Waals surface area contributed by atoms with E-state index in [1.165, 1.54) is 12.4 Å². The highest BCUT2D eigenvalue weighted by atomic mass is 19.3. The molecule has 1 N–H and O–H groups in total. The predicted molar refractivity (Wildman–Crippen MR) is 104 cm³/mol. The number of amides is 1. The van der Waals surface area contributed by atoms with E-state index in [2.05, 4.69) is 27.4 Å². The van der Waals surface area contributed by atoms with Gasteiger partial charge in [0.2, 0.25) is 0 Å². The van der Waals surface area contributed by atoms with Crippen molar-refractivity contribution in [3.8, 4) is 0 Å². The second kappa shape index (κ2) is 7.53. The first-order chi connectivity index (χ1) is 13.8. The van der Waals surface area contributed by atoms with Crippen LogP contribution < -0.4 is 5.32 Å². The number of anilines is 1. The molecule has 1 amide bonds. The Morgan fingerprint density at radius 2 is 1.97 bits per heavy atom. The largest absolute Gasteiger partial charge is 0.319 e. The number of carbonyl (C=O) groups is 1. The van der Waals surface area contributed by atoms with Gasteiger partial charge in [0.25, 0.3) is 12.3 Å². The number of hydrogen-bond acceptors (Lipinski definition) is 4. The lowest BCUT2D eigenvalue weighted by molar-refractivity contribution is 0.102. The molecule has 0 spiro atoms. The van der Waals surface area contributed by atoms with Crippen LogP contribution in [-0.2, 0) is 0 Å². The summed E-state index contributed by atoms with van der Waals surface area (Å²) in [6, 6.07) is 1.93. The van der Waals surface area contributed by atoms with Gasteiger partial charge in [-0.25, -0.2) is 18.3 Å². The summed E-state index contributed by atoms with van der Waals surface area (Å²) in [5.74, 6) is 0.113. The maximum atomic E-state index is 13.6. The minimum absolute atomic E-state index is 0.0346. The van der Waals surface area contributed by atoms with Gasteiger partial charge in [-0.2, -0.15) is 10.2 Å². The van der Waals surface area contributed by atoms with Crippen LogP contribution in [0.5, 0.6) is 0 Å². The van der Waals surface area contributed by atoms with Crippen molar-refractivity contribution in [3.63, 3.8) is 0 Å². The molecule has 4 rings (SSSR count). The second-order valence-corrected chi connectivity index (χ2v) is 7.91. The zero-order valence-corrected chi connectivity index (χ0v) is 16.7. The number of nitrogens with zero attached hydrogens (tertiary/aromatic N) is 5. The molecule has 3 aromatic rings. The topological polar surface area (TPSA) is 77.1 Å². The Hall–Kier alpha value is -2.84. The Kier molecular flexibility index (Phi) is 5.06. The second-order valence-electron chi connectivity index (χ2n) is 7.91. The number of nitrogens with one attached hydrogen (secondary N) is 1. The zero-order chi connectivity index (χ0) is 20.7. The van der Waals surface area contributed by atoms with Crippen LogP contribution in [0.15, 0.2) is 18.5 Å². The summed E-state index contributed by atoms with van der Waals surface area (Å²) in [4.78, 5) is 17.2. The molecule has 0 unspecified atom stereocenters. The average molecular weight is 402 g/mol. The summed E-state index contributed by atoms with van der Waals surface area (Å²) >= 11 is 0. The highest BCUT2D eigenvalue weighted by Gasteiger charge is 2.26. The van der Waals surface area contributed by atoms with Crippen molar-refractivity contribution in [2.75, 3.05) is 5.32 Å². The summed E-state index contributed by atoms with van der Waals surface area (Å²) in [7, 11) is 0. The summed E-state index contributed by atoms with van der Waals surface area (Å²) < 4.78 is 30.3. The summed E-state index contributed by atoms with van der Waals surface area (Å²) in [5.41, 5.74) is 1.83. The average Bonchev–Trinajstić information content (AvgIpc) is 3.27. The van der Waals surface area contributed by atoms with E-state index in [4.69, 9.17) is 0 Å². The third-order valence-electron chi connectivity index (χ3n) is 5.60. The van der Waals surface area contributed by atoms with Gasteiger partial charge in [0.1, 0.15) is 5.56 Å². The van der Waals surface area contributed by atoms with Crippen LogP contribution in [0.4, 0.5) is 14.5 Å². The molecular weight excluding hydrogens is 378 g/mol. The van der Waals surface area contributed by atoms with Gasteiger partial charge in [0, 0.05) is 17.6 Å². The summed E-state index contributed by atoms with van der Waals surface area (Å²) in [5, 5.41) is 10.9. The molecule has 0 aliphatic heterocycles. The van der Waals surface area contributed by atoms with Gasteiger partial charge in [0.15, 0.2) is 11.3 Å². The van der Waals surface area contributed by atoms with Gasteiger partial charge in [-0.05, 0) is 51.5 Å². The summed E-state index contributed by atoms with van der Waals surface area (Å²) in [6.45, 7) is 5.88. The van der Waals surface area contributed by atoms with Crippen molar-refractivity contribution in [3.05, 3.63) is 41.1 Å². The molecule has 1 aliphatic rings. The van der Waals surface area contributed by atoms with Crippen LogP contribution in [0, 0.1) is 19.8 Å². The Morgan fingerprint density at radius 3 is 2.66 bits per heavy atom. The van der Waals surface area contributed by atoms with Crippen molar-refractivity contribution in [1.29, 1.82) is 0 Å². The Bertz CT molecular complexity index is 1050. The number of rotatable bonds is 4. The van der Waals surface area contributed by atoms with Crippen molar-refractivity contribution in [2.45, 2.75) is 58.9 Å². The number of aromatic nitrogens is 5. The Balaban J connectivity index is 1.63. The summed E-state index contributed by atoms with van der Waals surface area (Å²) in [6.07, 6.45) is 4.03. The van der Waals surface area contributed by atoms with Crippen LogP contribution in [0.25, 0.3) is 5.65 Å². The Morgan fingerprint density at radius 1 is 1.24 bits per heavy atom. The SMILES string of the molecule is Cc1cc(C)n2ncc(C(=O)Nc3cn(C4CCC(C)CC4)nc3C(F)F)c2n1. The molecule has 154 valence electrons. The fourth-order valence-electron chi connectivity index (χ4n) is 3.98. The molecular formula is C20H24F2N6O. The minimum atomic E-state index is -2.78. The van der Waals surface area contributed by atoms with Gasteiger partial charge >= 0.3 is 0 Å². The Labute approximate surface area is 167 Å². The van der Waals surface area contributed by atoms with Crippen molar-refractivity contribution in [2.24, 2.45) is 5.92 Å². The number of halogens is 2. The van der Waals surface area contributed by atoms with E-state index in [-0.39, 0.29) is 17.3 Å². The van der Waals surface area contributed by atoms with E-state index in [1.807, 2.05) is 19.9 Å². The maximum absolute atomic E-state index is 13.6. The molecule has 1 fully saturated rings. The standard InChI is InChI=1S/C20H24F2N6O/c1-11-4-6-14(7-5-11)27-10-16(17(26-27)18(21)22)25-20(29)15-9-23-28-13(3)8-12(2)24-19(15)28/h8-11,14,18H,4-7H2,1-3H3,(H,25,29). The lowest BCUT2D eigenvalue weighted by atomic mass is 9.87. The fraction of sp³-hybridized carbons (Fsp3) is 0.500. The number of hydrogen-bond donors (Lipinski definition) is 1. The molecule has 0 saturated heterocycles. The maximum Gasteiger partial charge on any atom is 0.284 e. The smallest absolute Gasteiger partial charge is 0.284 e. The zero-order valence-electron chi connectivity index (χ0n) is 16.7. The molecule has 0 radical (unpaired) electrons. The highest BCUT2D eigenvalue weighted by molar-refractivity contribution is 6.08. The van der Waals surface area contributed by atoms with Crippen molar-refractivity contribution in [1.82, 2.24) is 24.4 Å². The minimum Gasteiger partial charge on any atom is -0.319 e. The van der Waals surface area contributed by atoms with Crippen LogP contribution in [0.3, 0.4) is 0 Å². The third kappa shape index (κ3) is 3.73. The normalized spacial score (nSPS) is 19.8. The quantitative estimate of drug-likeness (QED) is 0.698. The van der Waals surface area contributed by atoms with Gasteiger partial charge in [0.05, 0.1) is 17.9 Å². The number of alkyl halides is 2. The number of carbonyl (C=O) groups excluding carboxylic acids is 1. The van der Waals surface area contributed by atoms with E-state index in [0.29, 0.717) is 11.6 Å². The first kappa shape index (κ1) is 19.5. The molecule has 0 aromatic carbocycles. The number of fused-ring (bicyclic) bond motifs is 1. The van der Waals surface area contributed by atoms with E-state index < -0.39 is 18.0 Å². The van der Waals surface area contributed by atoms with Crippen LogP contribution in [0.1, 0.15) is 72.5 Å². The van der Waals surface area contributed by atoms with E-state index in [9.17, 15) is 13.6 Å². The van der Waals surface area contributed by atoms with Crippen LogP contribution in [0.2, 0.25) is 0 Å². The molecule has 3 aromatic heterocycles. The lowest BCUT2D eigenvalue weighted by Crippen LogP contribution is -2.17. The monoisotopic (exact) mass is 402 g/mol. The van der Waals surface area contributed by atoms with Gasteiger partial charge in [-0.3, -0.25) is 9.48 Å². The van der Waals surface area contributed by atoms with E-state index in [1.54, 1.807) is 9.20 Å². The molecule has 1 saturated carbocycles. The molecule has 0 bridgehead atoms. The fourth-order valence-corrected chi connectivity index (χ4v) is 3.98. The van der Waals surface area contributed by atoms with E-state index in [0.717, 1.165) is 37.1 Å². The number of aryl methyl sites for hydroxylation is 2. The first-order valence-electron chi connectivity index (χ1n) is 9.84.